The summed E-state index contributed by atoms with van der Waals surface area (Å²) in [7, 11) is 1.82. The van der Waals surface area contributed by atoms with E-state index in [0.29, 0.717) is 12.1 Å². The molecule has 17 heavy (non-hydrogen) atoms. The van der Waals surface area contributed by atoms with Crippen molar-refractivity contribution in [2.75, 3.05) is 13.7 Å². The van der Waals surface area contributed by atoms with E-state index in [0.717, 1.165) is 0 Å². The van der Waals surface area contributed by atoms with Gasteiger partial charge in [-0.05, 0) is 20.0 Å². The maximum Gasteiger partial charge on any atom is 0.387 e. The number of halogens is 2. The van der Waals surface area contributed by atoms with Crippen LogP contribution in [0.15, 0.2) is 24.3 Å². The normalized spacial score (nSPS) is 13.1. The fourth-order valence-corrected chi connectivity index (χ4v) is 1.41. The molecule has 0 spiro atoms. The molecule has 0 aliphatic carbocycles. The average Bonchev–Trinajstić information content (AvgIpc) is 2.29. The van der Waals surface area contributed by atoms with Gasteiger partial charge < -0.3 is 9.84 Å². The molecule has 1 unspecified atom stereocenters. The molecule has 1 atom stereocenters. The molecule has 0 amide bonds. The van der Waals surface area contributed by atoms with Gasteiger partial charge in [-0.3, -0.25) is 4.90 Å². The summed E-state index contributed by atoms with van der Waals surface area (Å²) in [5, 5.41) is 9.01. The van der Waals surface area contributed by atoms with Crippen molar-refractivity contribution in [2.45, 2.75) is 26.1 Å². The Morgan fingerprint density at radius 2 is 2.00 bits per heavy atom. The Hall–Kier alpha value is -1.20. The van der Waals surface area contributed by atoms with Crippen LogP contribution in [0, 0.1) is 0 Å². The van der Waals surface area contributed by atoms with E-state index in [9.17, 15) is 8.78 Å². The molecule has 0 fully saturated rings. The number of benzene rings is 1. The van der Waals surface area contributed by atoms with Crippen molar-refractivity contribution in [2.24, 2.45) is 0 Å². The zero-order chi connectivity index (χ0) is 12.8. The zero-order valence-corrected chi connectivity index (χ0v) is 9.94. The fraction of sp³-hybridized carbons (Fsp3) is 0.500. The highest BCUT2D eigenvalue weighted by molar-refractivity contribution is 5.33. The molecule has 0 heterocycles. The number of hydrogen-bond acceptors (Lipinski definition) is 3. The molecule has 5 heteroatoms. The fourth-order valence-electron chi connectivity index (χ4n) is 1.41. The van der Waals surface area contributed by atoms with Crippen molar-refractivity contribution in [1.82, 2.24) is 4.90 Å². The molecule has 0 aliphatic rings. The lowest BCUT2D eigenvalue weighted by atomic mass is 10.1. The summed E-state index contributed by atoms with van der Waals surface area (Å²) in [6.45, 7) is -0.494. The molecule has 0 saturated carbocycles. The molecular weight excluding hydrogens is 228 g/mol. The lowest BCUT2D eigenvalue weighted by Gasteiger charge is -2.23. The number of alkyl halides is 2. The van der Waals surface area contributed by atoms with Gasteiger partial charge >= 0.3 is 6.61 Å². The second kappa shape index (κ2) is 6.51. The molecule has 0 saturated heterocycles. The first-order valence-corrected chi connectivity index (χ1v) is 5.38. The van der Waals surface area contributed by atoms with E-state index in [1.165, 1.54) is 6.07 Å². The van der Waals surface area contributed by atoms with Crippen LogP contribution in [0.25, 0.3) is 0 Å². The maximum absolute atomic E-state index is 12.2. The van der Waals surface area contributed by atoms with Gasteiger partial charge in [0.2, 0.25) is 0 Å². The number of likely N-dealkylation sites (N-methyl/N-ethyl adjacent to an activating group) is 1. The monoisotopic (exact) mass is 245 g/mol. The minimum atomic E-state index is -2.82. The summed E-state index contributed by atoms with van der Waals surface area (Å²) < 4.78 is 28.8. The van der Waals surface area contributed by atoms with E-state index in [1.807, 2.05) is 18.9 Å². The predicted molar refractivity (Wildman–Crippen MR) is 61.1 cm³/mol. The standard InChI is InChI=1S/C12H17F2NO2/c1-9(8-16)15(2)7-10-5-3-4-6-11(10)17-12(13)14/h3-6,9,12,16H,7-8H2,1-2H3. The number of rotatable bonds is 6. The first-order valence-electron chi connectivity index (χ1n) is 5.38. The van der Waals surface area contributed by atoms with Crippen molar-refractivity contribution in [3.8, 4) is 5.75 Å². The molecular formula is C12H17F2NO2. The van der Waals surface area contributed by atoms with Crippen molar-refractivity contribution in [3.05, 3.63) is 29.8 Å². The Morgan fingerprint density at radius 1 is 1.35 bits per heavy atom. The molecule has 0 aromatic heterocycles. The van der Waals surface area contributed by atoms with Crippen molar-refractivity contribution < 1.29 is 18.6 Å². The van der Waals surface area contributed by atoms with Crippen LogP contribution < -0.4 is 4.74 Å². The van der Waals surface area contributed by atoms with Gasteiger partial charge in [0.25, 0.3) is 0 Å². The Morgan fingerprint density at radius 3 is 2.59 bits per heavy atom. The summed E-state index contributed by atoms with van der Waals surface area (Å²) in [5.74, 6) is 0.180. The third-order valence-corrected chi connectivity index (χ3v) is 2.63. The van der Waals surface area contributed by atoms with E-state index in [-0.39, 0.29) is 18.4 Å². The summed E-state index contributed by atoms with van der Waals surface area (Å²) >= 11 is 0. The van der Waals surface area contributed by atoms with E-state index < -0.39 is 6.61 Å². The minimum Gasteiger partial charge on any atom is -0.434 e. The van der Waals surface area contributed by atoms with Gasteiger partial charge in [-0.1, -0.05) is 18.2 Å². The largest absolute Gasteiger partial charge is 0.434 e. The van der Waals surface area contributed by atoms with Crippen LogP contribution in [0.5, 0.6) is 5.75 Å². The van der Waals surface area contributed by atoms with Gasteiger partial charge in [-0.2, -0.15) is 8.78 Å². The van der Waals surface area contributed by atoms with E-state index in [2.05, 4.69) is 4.74 Å². The third-order valence-electron chi connectivity index (χ3n) is 2.63. The third kappa shape index (κ3) is 4.28. The smallest absolute Gasteiger partial charge is 0.387 e. The lowest BCUT2D eigenvalue weighted by molar-refractivity contribution is -0.0508. The highest BCUT2D eigenvalue weighted by Crippen LogP contribution is 2.21. The topological polar surface area (TPSA) is 32.7 Å². The highest BCUT2D eigenvalue weighted by atomic mass is 19.3. The van der Waals surface area contributed by atoms with Gasteiger partial charge in [0.05, 0.1) is 6.61 Å². The van der Waals surface area contributed by atoms with Crippen molar-refractivity contribution in [3.63, 3.8) is 0 Å². The molecule has 1 rings (SSSR count). The van der Waals surface area contributed by atoms with Gasteiger partial charge in [0, 0.05) is 18.2 Å². The van der Waals surface area contributed by atoms with Crippen LogP contribution >= 0.6 is 0 Å². The summed E-state index contributed by atoms with van der Waals surface area (Å²) in [6.07, 6.45) is 0. The van der Waals surface area contributed by atoms with Crippen molar-refractivity contribution >= 4 is 0 Å². The molecule has 0 radical (unpaired) electrons. The molecule has 0 bridgehead atoms. The first-order chi connectivity index (χ1) is 8.04. The van der Waals surface area contributed by atoms with Crippen molar-refractivity contribution in [1.29, 1.82) is 0 Å². The summed E-state index contributed by atoms with van der Waals surface area (Å²) in [5.41, 5.74) is 0.676. The molecule has 96 valence electrons. The second-order valence-electron chi connectivity index (χ2n) is 3.93. The average molecular weight is 245 g/mol. The van der Waals surface area contributed by atoms with Crippen LogP contribution in [0.3, 0.4) is 0 Å². The van der Waals surface area contributed by atoms with E-state index in [4.69, 9.17) is 5.11 Å². The van der Waals surface area contributed by atoms with Crippen LogP contribution in [-0.4, -0.2) is 36.3 Å². The summed E-state index contributed by atoms with van der Waals surface area (Å²) in [4.78, 5) is 1.87. The van der Waals surface area contributed by atoms with Gasteiger partial charge in [0.1, 0.15) is 5.75 Å². The van der Waals surface area contributed by atoms with Gasteiger partial charge in [-0.25, -0.2) is 0 Å². The number of ether oxygens (including phenoxy) is 1. The molecule has 3 nitrogen and oxygen atoms in total. The Kier molecular flexibility index (Phi) is 5.31. The predicted octanol–water partition coefficient (Wildman–Crippen LogP) is 2.10. The maximum atomic E-state index is 12.2. The molecule has 1 N–H and O–H groups in total. The van der Waals surface area contributed by atoms with Gasteiger partial charge in [-0.15, -0.1) is 0 Å². The number of para-hydroxylation sites is 1. The number of aliphatic hydroxyl groups is 1. The van der Waals surface area contributed by atoms with E-state index >= 15 is 0 Å². The number of aliphatic hydroxyl groups excluding tert-OH is 1. The Balaban J connectivity index is 2.76. The summed E-state index contributed by atoms with van der Waals surface area (Å²) in [6, 6.07) is 6.63. The molecule has 1 aromatic carbocycles. The lowest BCUT2D eigenvalue weighted by Crippen LogP contribution is -2.31. The van der Waals surface area contributed by atoms with Crippen LogP contribution in [0.2, 0.25) is 0 Å². The highest BCUT2D eigenvalue weighted by Gasteiger charge is 2.13. The van der Waals surface area contributed by atoms with Crippen LogP contribution in [0.1, 0.15) is 12.5 Å². The number of nitrogens with zero attached hydrogens (tertiary/aromatic N) is 1. The first kappa shape index (κ1) is 13.9. The number of hydrogen-bond donors (Lipinski definition) is 1. The second-order valence-corrected chi connectivity index (χ2v) is 3.93. The quantitative estimate of drug-likeness (QED) is 0.833. The Labute approximate surface area is 99.6 Å². The minimum absolute atomic E-state index is 0.0222. The SMILES string of the molecule is CC(CO)N(C)Cc1ccccc1OC(F)F. The molecule has 1 aromatic rings. The van der Waals surface area contributed by atoms with Crippen LogP contribution in [0.4, 0.5) is 8.78 Å². The Bertz CT molecular complexity index is 347. The van der Waals surface area contributed by atoms with Crippen LogP contribution in [-0.2, 0) is 6.54 Å². The molecule has 0 aliphatic heterocycles. The van der Waals surface area contributed by atoms with Gasteiger partial charge in [0.15, 0.2) is 0 Å². The zero-order valence-electron chi connectivity index (χ0n) is 9.94. The van der Waals surface area contributed by atoms with E-state index in [1.54, 1.807) is 18.2 Å².